The molecule has 0 amide bonds. The molecule has 0 N–H and O–H groups in total. The average molecular weight is 310 g/mol. The molecule has 2 aromatic rings. The molecule has 112 valence electrons. The van der Waals surface area contributed by atoms with Gasteiger partial charge in [0.2, 0.25) is 5.89 Å². The highest BCUT2D eigenvalue weighted by atomic mass is 32.2. The lowest BCUT2D eigenvalue weighted by Crippen LogP contribution is -2.19. The van der Waals surface area contributed by atoms with Gasteiger partial charge in [-0.25, -0.2) is 4.39 Å². The van der Waals surface area contributed by atoms with Gasteiger partial charge < -0.3 is 9.15 Å². The molecule has 0 aliphatic rings. The summed E-state index contributed by atoms with van der Waals surface area (Å²) in [7, 11) is 0. The third kappa shape index (κ3) is 4.04. The summed E-state index contributed by atoms with van der Waals surface area (Å²) in [5, 5.41) is 7.69. The molecule has 0 saturated heterocycles. The second kappa shape index (κ2) is 7.21. The fraction of sp³-hybridized carbons (Fsp3) is 0.357. The van der Waals surface area contributed by atoms with Crippen molar-refractivity contribution in [3.05, 3.63) is 30.1 Å². The highest BCUT2D eigenvalue weighted by Crippen LogP contribution is 2.28. The highest BCUT2D eigenvalue weighted by Gasteiger charge is 2.22. The summed E-state index contributed by atoms with van der Waals surface area (Å²) in [4.78, 5) is 11.7. The van der Waals surface area contributed by atoms with Gasteiger partial charge in [0.05, 0.1) is 6.61 Å². The summed E-state index contributed by atoms with van der Waals surface area (Å²) >= 11 is 1.17. The zero-order valence-corrected chi connectivity index (χ0v) is 12.5. The van der Waals surface area contributed by atoms with Crippen LogP contribution in [0.25, 0.3) is 11.5 Å². The number of carbonyl (C=O) groups excluding carboxylic acids is 1. The van der Waals surface area contributed by atoms with E-state index in [2.05, 4.69) is 10.2 Å². The molecule has 1 aromatic carbocycles. The molecule has 0 saturated carbocycles. The van der Waals surface area contributed by atoms with Crippen LogP contribution in [0.15, 0.2) is 33.9 Å². The lowest BCUT2D eigenvalue weighted by atomic mass is 10.2. The van der Waals surface area contributed by atoms with Gasteiger partial charge in [-0.2, -0.15) is 0 Å². The van der Waals surface area contributed by atoms with Crippen molar-refractivity contribution >= 4 is 17.7 Å². The minimum absolute atomic E-state index is 0.286. The second-order valence-electron chi connectivity index (χ2n) is 4.15. The van der Waals surface area contributed by atoms with Crippen LogP contribution in [0, 0.1) is 5.82 Å². The van der Waals surface area contributed by atoms with Crippen molar-refractivity contribution < 1.29 is 18.3 Å². The van der Waals surface area contributed by atoms with Crippen LogP contribution in [-0.4, -0.2) is 28.0 Å². The number of halogens is 1. The number of rotatable bonds is 6. The molecule has 0 spiro atoms. The predicted molar refractivity (Wildman–Crippen MR) is 76.3 cm³/mol. The van der Waals surface area contributed by atoms with Crippen molar-refractivity contribution in [2.75, 3.05) is 6.61 Å². The van der Waals surface area contributed by atoms with Crippen molar-refractivity contribution in [1.29, 1.82) is 0 Å². The number of hydrogen-bond acceptors (Lipinski definition) is 6. The van der Waals surface area contributed by atoms with Gasteiger partial charge in [0, 0.05) is 5.56 Å². The molecule has 1 heterocycles. The molecule has 7 heteroatoms. The van der Waals surface area contributed by atoms with Crippen LogP contribution in [-0.2, 0) is 9.53 Å². The van der Waals surface area contributed by atoms with Crippen LogP contribution >= 0.6 is 11.8 Å². The van der Waals surface area contributed by atoms with Crippen molar-refractivity contribution in [3.63, 3.8) is 0 Å². The van der Waals surface area contributed by atoms with Crippen LogP contribution in [0.5, 0.6) is 0 Å². The first-order valence-electron chi connectivity index (χ1n) is 6.56. The Balaban J connectivity index is 2.08. The Labute approximate surface area is 125 Å². The van der Waals surface area contributed by atoms with Gasteiger partial charge in [-0.15, -0.1) is 10.2 Å². The lowest BCUT2D eigenvalue weighted by molar-refractivity contribution is -0.142. The van der Waals surface area contributed by atoms with Crippen molar-refractivity contribution in [2.24, 2.45) is 0 Å². The zero-order chi connectivity index (χ0) is 15.2. The maximum Gasteiger partial charge on any atom is 0.319 e. The van der Waals surface area contributed by atoms with Crippen LogP contribution in [0.4, 0.5) is 4.39 Å². The average Bonchev–Trinajstić information content (AvgIpc) is 2.94. The molecule has 0 aliphatic carbocycles. The van der Waals surface area contributed by atoms with Crippen molar-refractivity contribution in [3.8, 4) is 11.5 Å². The quantitative estimate of drug-likeness (QED) is 0.602. The Morgan fingerprint density at radius 2 is 2.05 bits per heavy atom. The molecule has 0 bridgehead atoms. The van der Waals surface area contributed by atoms with Crippen molar-refractivity contribution in [2.45, 2.75) is 30.7 Å². The van der Waals surface area contributed by atoms with E-state index in [-0.39, 0.29) is 28.1 Å². The van der Waals surface area contributed by atoms with Crippen LogP contribution in [0.3, 0.4) is 0 Å². The van der Waals surface area contributed by atoms with E-state index in [0.29, 0.717) is 18.6 Å². The summed E-state index contributed by atoms with van der Waals surface area (Å²) in [6.45, 7) is 3.97. The molecule has 0 fully saturated rings. The van der Waals surface area contributed by atoms with E-state index in [1.165, 1.54) is 23.9 Å². The standard InChI is InChI=1S/C14H15FN2O3S/c1-3-11(13(18)19-4-2)21-14-17-16-12(20-14)9-5-7-10(15)8-6-9/h5-8,11H,3-4H2,1-2H3/t11-/m1/s1. The number of thioether (sulfide) groups is 1. The smallest absolute Gasteiger partial charge is 0.319 e. The molecule has 1 atom stereocenters. The largest absolute Gasteiger partial charge is 0.465 e. The van der Waals surface area contributed by atoms with Gasteiger partial charge in [-0.3, -0.25) is 4.79 Å². The molecule has 0 aliphatic heterocycles. The summed E-state index contributed by atoms with van der Waals surface area (Å²) in [5.74, 6) is -0.344. The SMILES string of the molecule is CCOC(=O)[C@@H](CC)Sc1nnc(-c2ccc(F)cc2)o1. The van der Waals surface area contributed by atoms with Gasteiger partial charge in [0.25, 0.3) is 5.22 Å². The summed E-state index contributed by atoms with van der Waals surface area (Å²) in [6.07, 6.45) is 0.595. The van der Waals surface area contributed by atoms with Crippen molar-refractivity contribution in [1.82, 2.24) is 10.2 Å². The number of aromatic nitrogens is 2. The van der Waals surface area contributed by atoms with Gasteiger partial charge >= 0.3 is 5.97 Å². The third-order valence-electron chi connectivity index (χ3n) is 2.66. The van der Waals surface area contributed by atoms with Gasteiger partial charge in [-0.05, 0) is 37.6 Å². The minimum atomic E-state index is -0.383. The number of benzene rings is 1. The molecule has 0 radical (unpaired) electrons. The van der Waals surface area contributed by atoms with Gasteiger partial charge in [0.1, 0.15) is 11.1 Å². The van der Waals surface area contributed by atoms with Gasteiger partial charge in [-0.1, -0.05) is 18.7 Å². The van der Waals surface area contributed by atoms with Crippen LogP contribution in [0.1, 0.15) is 20.3 Å². The summed E-state index contributed by atoms with van der Waals surface area (Å²) < 4.78 is 23.3. The number of ether oxygens (including phenoxy) is 1. The molecule has 2 rings (SSSR count). The molecule has 5 nitrogen and oxygen atoms in total. The lowest BCUT2D eigenvalue weighted by Gasteiger charge is -2.09. The topological polar surface area (TPSA) is 65.2 Å². The first-order chi connectivity index (χ1) is 10.1. The maximum absolute atomic E-state index is 12.9. The number of hydrogen-bond donors (Lipinski definition) is 0. The Morgan fingerprint density at radius 1 is 1.33 bits per heavy atom. The van der Waals surface area contributed by atoms with E-state index in [4.69, 9.17) is 9.15 Å². The third-order valence-corrected chi connectivity index (χ3v) is 3.84. The minimum Gasteiger partial charge on any atom is -0.465 e. The first-order valence-corrected chi connectivity index (χ1v) is 7.44. The predicted octanol–water partition coefficient (Wildman–Crippen LogP) is 3.31. The highest BCUT2D eigenvalue weighted by molar-refractivity contribution is 8.00. The second-order valence-corrected chi connectivity index (χ2v) is 5.30. The Hall–Kier alpha value is -1.89. The maximum atomic E-state index is 12.9. The Morgan fingerprint density at radius 3 is 2.67 bits per heavy atom. The molecular weight excluding hydrogens is 295 g/mol. The van der Waals surface area contributed by atoms with E-state index < -0.39 is 0 Å². The summed E-state index contributed by atoms with van der Waals surface area (Å²) in [5.41, 5.74) is 0.625. The molecule has 21 heavy (non-hydrogen) atoms. The Bertz CT molecular complexity index is 601. The number of nitrogens with zero attached hydrogens (tertiary/aromatic N) is 2. The van der Waals surface area contributed by atoms with E-state index in [1.54, 1.807) is 19.1 Å². The van der Waals surface area contributed by atoms with E-state index in [1.807, 2.05) is 6.92 Å². The molecular formula is C14H15FN2O3S. The molecule has 1 aromatic heterocycles. The molecule has 0 unspecified atom stereocenters. The van der Waals surface area contributed by atoms with E-state index in [0.717, 1.165) is 0 Å². The fourth-order valence-electron chi connectivity index (χ4n) is 1.62. The monoisotopic (exact) mass is 310 g/mol. The zero-order valence-electron chi connectivity index (χ0n) is 11.7. The number of carbonyl (C=O) groups is 1. The van der Waals surface area contributed by atoms with E-state index in [9.17, 15) is 9.18 Å². The number of esters is 1. The first kappa shape index (κ1) is 15.5. The normalized spacial score (nSPS) is 12.1. The van der Waals surface area contributed by atoms with E-state index >= 15 is 0 Å². The van der Waals surface area contributed by atoms with Crippen LogP contribution < -0.4 is 0 Å². The Kier molecular flexibility index (Phi) is 5.32. The fourth-order valence-corrected chi connectivity index (χ4v) is 2.41. The van der Waals surface area contributed by atoms with Crippen LogP contribution in [0.2, 0.25) is 0 Å². The summed E-state index contributed by atoms with van der Waals surface area (Å²) in [6, 6.07) is 5.75. The van der Waals surface area contributed by atoms with Gasteiger partial charge in [0.15, 0.2) is 0 Å².